The van der Waals surface area contributed by atoms with Gasteiger partial charge in [0.2, 0.25) is 23.5 Å². The average molecular weight is 723 g/mol. The van der Waals surface area contributed by atoms with Crippen molar-refractivity contribution in [1.29, 1.82) is 0 Å². The van der Waals surface area contributed by atoms with Crippen LogP contribution in [-0.2, 0) is 33.6 Å². The molecule has 0 spiro atoms. The van der Waals surface area contributed by atoms with E-state index in [0.717, 1.165) is 57.8 Å². The summed E-state index contributed by atoms with van der Waals surface area (Å²) in [5.41, 5.74) is -0.833. The predicted octanol–water partition coefficient (Wildman–Crippen LogP) is 7.31. The SMILES string of the molecule is CC1(C)CC(=O)N(C[C@@H](CC(=O)C[C@H]2CCCCCCCCC[C@@H](C(=O)C(=O)CC3CC3)CC(=O)[C@@H]3[C@@H]4[C@H](CN3C2=O)C4(C)C)C(C)(C)C)C(=O)C1. The van der Waals surface area contributed by atoms with Crippen LogP contribution >= 0.6 is 0 Å². The van der Waals surface area contributed by atoms with Gasteiger partial charge in [-0.3, -0.25) is 38.5 Å². The normalized spacial score (nSPS) is 30.8. The number of piperidine rings is 2. The van der Waals surface area contributed by atoms with Crippen LogP contribution in [-0.4, -0.2) is 69.8 Å². The highest BCUT2D eigenvalue weighted by Gasteiger charge is 2.69. The standard InChI is InChI=1S/C43H66N2O7/c1-41(2,3)30(25-44-35(49)23-42(4,5)24-36(44)50)22-31(46)20-29-16-14-12-10-8-9-11-13-15-28(39(51)34(48)19-27-17-18-27)21-33(47)38-37-32(43(37,6)7)26-45(38)40(29)52/h27-30,32,37-38H,8-26H2,1-7H3/t28-,29-,30-,32+,37+,38-/m1/s1. The Kier molecular flexibility index (Phi) is 12.4. The van der Waals surface area contributed by atoms with Gasteiger partial charge in [0.25, 0.3) is 0 Å². The largest absolute Gasteiger partial charge is 0.332 e. The van der Waals surface area contributed by atoms with E-state index in [1.54, 1.807) is 4.90 Å². The highest BCUT2D eigenvalue weighted by molar-refractivity contribution is 6.38. The van der Waals surface area contributed by atoms with Crippen LogP contribution in [0.15, 0.2) is 0 Å². The zero-order valence-corrected chi connectivity index (χ0v) is 33.2. The summed E-state index contributed by atoms with van der Waals surface area (Å²) < 4.78 is 0. The van der Waals surface area contributed by atoms with Crippen LogP contribution < -0.4 is 0 Å². The van der Waals surface area contributed by atoms with Gasteiger partial charge >= 0.3 is 0 Å². The number of rotatable bonds is 10. The van der Waals surface area contributed by atoms with Gasteiger partial charge in [-0.2, -0.15) is 0 Å². The smallest absolute Gasteiger partial charge is 0.229 e. The lowest BCUT2D eigenvalue weighted by Gasteiger charge is -2.39. The number of nitrogens with zero attached hydrogens (tertiary/aromatic N) is 2. The first-order valence-corrected chi connectivity index (χ1v) is 20.5. The minimum atomic E-state index is -0.644. The third-order valence-corrected chi connectivity index (χ3v) is 13.5. The maximum Gasteiger partial charge on any atom is 0.229 e. The zero-order valence-electron chi connectivity index (χ0n) is 33.2. The van der Waals surface area contributed by atoms with E-state index in [9.17, 15) is 33.6 Å². The first-order valence-electron chi connectivity index (χ1n) is 20.5. The minimum absolute atomic E-state index is 0.00645. The highest BCUT2D eigenvalue weighted by atomic mass is 16.2. The molecule has 3 heterocycles. The van der Waals surface area contributed by atoms with Crippen molar-refractivity contribution in [3.8, 4) is 0 Å². The first kappa shape index (κ1) is 40.5. The molecule has 0 aromatic heterocycles. The van der Waals surface area contributed by atoms with Crippen molar-refractivity contribution in [3.05, 3.63) is 0 Å². The molecular formula is C43H66N2O7. The maximum absolute atomic E-state index is 14.6. The van der Waals surface area contributed by atoms with Gasteiger partial charge in [0.1, 0.15) is 5.78 Å². The van der Waals surface area contributed by atoms with Crippen molar-refractivity contribution in [3.63, 3.8) is 0 Å². The molecule has 5 rings (SSSR count). The summed E-state index contributed by atoms with van der Waals surface area (Å²) in [7, 11) is 0. The van der Waals surface area contributed by atoms with Crippen molar-refractivity contribution < 1.29 is 33.6 Å². The van der Waals surface area contributed by atoms with Crippen LogP contribution in [0.5, 0.6) is 0 Å². The summed E-state index contributed by atoms with van der Waals surface area (Å²) in [6.07, 6.45) is 10.8. The van der Waals surface area contributed by atoms with Crippen LogP contribution in [0.3, 0.4) is 0 Å². The molecule has 0 aromatic rings. The number of amides is 3. The molecule has 0 bridgehead atoms. The molecule has 3 amide bonds. The van der Waals surface area contributed by atoms with E-state index in [-0.39, 0.29) is 101 Å². The van der Waals surface area contributed by atoms with Crippen molar-refractivity contribution in [1.82, 2.24) is 9.80 Å². The van der Waals surface area contributed by atoms with E-state index in [0.29, 0.717) is 38.1 Å². The summed E-state index contributed by atoms with van der Waals surface area (Å²) in [6.45, 7) is 14.9. The summed E-state index contributed by atoms with van der Waals surface area (Å²) in [4.78, 5) is 98.5. The Balaban J connectivity index is 1.33. The average Bonchev–Trinajstić information content (AvgIpc) is 3.89. The van der Waals surface area contributed by atoms with Crippen molar-refractivity contribution in [2.45, 2.75) is 164 Å². The van der Waals surface area contributed by atoms with Crippen molar-refractivity contribution in [2.75, 3.05) is 13.1 Å². The predicted molar refractivity (Wildman–Crippen MR) is 199 cm³/mol. The Morgan fingerprint density at radius 3 is 1.94 bits per heavy atom. The number of carbonyl (C=O) groups excluding carboxylic acids is 7. The van der Waals surface area contributed by atoms with Gasteiger partial charge in [-0.25, -0.2) is 0 Å². The van der Waals surface area contributed by atoms with Crippen LogP contribution in [0.2, 0.25) is 0 Å². The fraction of sp³-hybridized carbons (Fsp3) is 0.837. The molecule has 5 aliphatic rings. The van der Waals surface area contributed by atoms with E-state index in [2.05, 4.69) is 13.8 Å². The molecule has 0 aromatic carbocycles. The fourth-order valence-electron chi connectivity index (χ4n) is 9.61. The summed E-state index contributed by atoms with van der Waals surface area (Å²) in [5.74, 6) is -2.43. The quantitative estimate of drug-likeness (QED) is 0.171. The molecule has 2 aliphatic carbocycles. The number of ketones is 4. The van der Waals surface area contributed by atoms with Gasteiger partial charge in [-0.15, -0.1) is 0 Å². The maximum atomic E-state index is 14.6. The Morgan fingerprint density at radius 1 is 0.788 bits per heavy atom. The first-order chi connectivity index (χ1) is 24.3. The number of likely N-dealkylation sites (tertiary alicyclic amines) is 1. The van der Waals surface area contributed by atoms with Crippen LogP contribution in [0, 0.1) is 51.8 Å². The topological polar surface area (TPSA) is 126 Å². The molecule has 2 saturated carbocycles. The van der Waals surface area contributed by atoms with Gasteiger partial charge in [0.15, 0.2) is 11.6 Å². The molecule has 9 nitrogen and oxygen atoms in total. The van der Waals surface area contributed by atoms with E-state index in [4.69, 9.17) is 0 Å². The lowest BCUT2D eigenvalue weighted by Crippen LogP contribution is -2.50. The van der Waals surface area contributed by atoms with E-state index in [1.807, 2.05) is 34.6 Å². The molecule has 6 atom stereocenters. The third-order valence-electron chi connectivity index (χ3n) is 13.5. The lowest BCUT2D eigenvalue weighted by atomic mass is 9.75. The molecule has 0 N–H and O–H groups in total. The van der Waals surface area contributed by atoms with Crippen LogP contribution in [0.4, 0.5) is 0 Å². The Morgan fingerprint density at radius 2 is 1.37 bits per heavy atom. The number of imide groups is 1. The molecule has 0 unspecified atom stereocenters. The second-order valence-electron chi connectivity index (χ2n) is 19.9. The number of fused-ring (bicyclic) bond motifs is 3. The second kappa shape index (κ2) is 15.9. The van der Waals surface area contributed by atoms with Gasteiger partial charge < -0.3 is 4.90 Å². The number of Topliss-reactive ketones (excluding diaryl/α,β-unsaturated/α-hetero) is 4. The summed E-state index contributed by atoms with van der Waals surface area (Å²) in [6, 6.07) is -0.644. The summed E-state index contributed by atoms with van der Waals surface area (Å²) in [5, 5.41) is 0. The van der Waals surface area contributed by atoms with Crippen LogP contribution in [0.25, 0.3) is 0 Å². The molecule has 0 radical (unpaired) electrons. The van der Waals surface area contributed by atoms with Gasteiger partial charge in [0.05, 0.1) is 6.04 Å². The fourth-order valence-corrected chi connectivity index (χ4v) is 9.61. The molecule has 5 fully saturated rings. The number of hydrogen-bond acceptors (Lipinski definition) is 7. The van der Waals surface area contributed by atoms with E-state index < -0.39 is 23.7 Å². The van der Waals surface area contributed by atoms with E-state index >= 15 is 0 Å². The Hall–Kier alpha value is -2.71. The minimum Gasteiger partial charge on any atom is -0.332 e. The van der Waals surface area contributed by atoms with Crippen LogP contribution in [0.1, 0.15) is 158 Å². The van der Waals surface area contributed by atoms with Gasteiger partial charge in [0, 0.05) is 63.5 Å². The third kappa shape index (κ3) is 9.68. The Bertz CT molecular complexity index is 1400. The molecule has 3 saturated heterocycles. The monoisotopic (exact) mass is 722 g/mol. The van der Waals surface area contributed by atoms with E-state index in [1.165, 1.54) is 4.90 Å². The molecule has 52 heavy (non-hydrogen) atoms. The number of carbonyl (C=O) groups is 7. The van der Waals surface area contributed by atoms with Crippen molar-refractivity contribution >= 4 is 40.9 Å². The van der Waals surface area contributed by atoms with Gasteiger partial charge in [-0.1, -0.05) is 93.4 Å². The number of hydrogen-bond donors (Lipinski definition) is 0. The lowest BCUT2D eigenvalue weighted by molar-refractivity contribution is -0.154. The molecular weight excluding hydrogens is 656 g/mol. The highest BCUT2D eigenvalue weighted by Crippen LogP contribution is 2.65. The zero-order chi connectivity index (χ0) is 38.2. The molecule has 9 heteroatoms. The molecule has 3 aliphatic heterocycles. The Labute approximate surface area is 312 Å². The van der Waals surface area contributed by atoms with Gasteiger partial charge in [-0.05, 0) is 65.6 Å². The van der Waals surface area contributed by atoms with Crippen molar-refractivity contribution in [2.24, 2.45) is 51.8 Å². The summed E-state index contributed by atoms with van der Waals surface area (Å²) >= 11 is 0. The molecule has 290 valence electrons. The second-order valence-corrected chi connectivity index (χ2v) is 19.9.